The summed E-state index contributed by atoms with van der Waals surface area (Å²) in [5.74, 6) is -0.729. The van der Waals surface area contributed by atoms with Gasteiger partial charge < -0.3 is 18.9 Å². The van der Waals surface area contributed by atoms with E-state index in [1.165, 1.54) is 6.08 Å². The van der Waals surface area contributed by atoms with Crippen molar-refractivity contribution >= 4 is 33.9 Å². The van der Waals surface area contributed by atoms with Gasteiger partial charge in [-0.25, -0.2) is 4.79 Å². The number of carbonyl (C=O) groups is 2. The maximum Gasteiger partial charge on any atom is 0.330 e. The normalized spacial score (nSPS) is 11.1. The van der Waals surface area contributed by atoms with E-state index in [-0.39, 0.29) is 25.6 Å². The van der Waals surface area contributed by atoms with Gasteiger partial charge in [-0.1, -0.05) is 22.0 Å². The Bertz CT molecular complexity index is 608. The number of halogens is 1. The van der Waals surface area contributed by atoms with E-state index in [1.807, 2.05) is 18.2 Å². The average Bonchev–Trinajstić information content (AvgIpc) is 2.60. The smallest absolute Gasteiger partial charge is 0.330 e. The molecule has 0 radical (unpaired) electrons. The molecule has 1 rings (SSSR count). The number of methoxy groups -OCH3 is 2. The molecule has 0 N–H and O–H groups in total. The van der Waals surface area contributed by atoms with Crippen LogP contribution in [0.15, 0.2) is 28.7 Å². The number of hydrogen-bond acceptors (Lipinski definition) is 6. The maximum atomic E-state index is 12.1. The molecule has 0 aliphatic heterocycles. The van der Waals surface area contributed by atoms with Crippen LogP contribution in [0.5, 0.6) is 0 Å². The quantitative estimate of drug-likeness (QED) is 0.398. The summed E-state index contributed by atoms with van der Waals surface area (Å²) in [5, 5.41) is 0. The van der Waals surface area contributed by atoms with Gasteiger partial charge in [-0.15, -0.1) is 0 Å². The van der Waals surface area contributed by atoms with E-state index in [4.69, 9.17) is 18.9 Å². The first-order chi connectivity index (χ1) is 12.5. The third-order valence-corrected chi connectivity index (χ3v) is 3.89. The standard InChI is InChI=1S/C19H25BrO6/c1-4-25-18(21)9-7-15-11-16(20)8-5-14(15)6-10-19(22)26-17(12-23-2)13-24-3/h5,7-9,11,17H,4,6,10,12-13H2,1-3H3/b9-7+. The SMILES string of the molecule is CCOC(=O)/C=C/c1cc(Br)ccc1CCC(=O)OC(COC)COC. The number of esters is 2. The molecule has 0 aromatic heterocycles. The second kappa shape index (κ2) is 12.6. The van der Waals surface area contributed by atoms with E-state index in [0.717, 1.165) is 15.6 Å². The highest BCUT2D eigenvalue weighted by Crippen LogP contribution is 2.20. The fourth-order valence-corrected chi connectivity index (χ4v) is 2.65. The van der Waals surface area contributed by atoms with Crippen LogP contribution in [-0.2, 0) is 35.0 Å². The van der Waals surface area contributed by atoms with Gasteiger partial charge in [0, 0.05) is 31.2 Å². The van der Waals surface area contributed by atoms with Gasteiger partial charge in [-0.2, -0.15) is 0 Å². The molecule has 0 saturated heterocycles. The van der Waals surface area contributed by atoms with Crippen molar-refractivity contribution in [2.24, 2.45) is 0 Å². The van der Waals surface area contributed by atoms with Crippen LogP contribution < -0.4 is 0 Å². The molecule has 0 amide bonds. The molecule has 0 fully saturated rings. The predicted molar refractivity (Wildman–Crippen MR) is 102 cm³/mol. The van der Waals surface area contributed by atoms with Gasteiger partial charge in [-0.05, 0) is 42.7 Å². The van der Waals surface area contributed by atoms with Crippen LogP contribution in [0.4, 0.5) is 0 Å². The lowest BCUT2D eigenvalue weighted by atomic mass is 10.0. The van der Waals surface area contributed by atoms with Crippen molar-refractivity contribution in [2.75, 3.05) is 34.0 Å². The summed E-state index contributed by atoms with van der Waals surface area (Å²) in [6.07, 6.45) is 3.33. The highest BCUT2D eigenvalue weighted by atomic mass is 79.9. The van der Waals surface area contributed by atoms with Crippen molar-refractivity contribution in [1.82, 2.24) is 0 Å². The van der Waals surface area contributed by atoms with Crippen LogP contribution in [0.1, 0.15) is 24.5 Å². The molecular formula is C19H25BrO6. The zero-order chi connectivity index (χ0) is 19.4. The first-order valence-corrected chi connectivity index (χ1v) is 9.10. The number of aryl methyl sites for hydroxylation is 1. The maximum absolute atomic E-state index is 12.1. The Morgan fingerprint density at radius 2 is 1.88 bits per heavy atom. The molecule has 0 aliphatic carbocycles. The Kier molecular flexibility index (Phi) is 10.8. The molecule has 26 heavy (non-hydrogen) atoms. The minimum absolute atomic E-state index is 0.214. The van der Waals surface area contributed by atoms with Crippen LogP contribution in [0.25, 0.3) is 6.08 Å². The first-order valence-electron chi connectivity index (χ1n) is 8.30. The molecule has 0 aliphatic rings. The lowest BCUT2D eigenvalue weighted by Crippen LogP contribution is -2.27. The van der Waals surface area contributed by atoms with E-state index in [0.29, 0.717) is 13.0 Å². The summed E-state index contributed by atoms with van der Waals surface area (Å²) in [7, 11) is 3.08. The molecule has 1 aromatic rings. The van der Waals surface area contributed by atoms with E-state index >= 15 is 0 Å². The van der Waals surface area contributed by atoms with Crippen molar-refractivity contribution in [3.05, 3.63) is 39.9 Å². The molecule has 0 atom stereocenters. The molecular weight excluding hydrogens is 404 g/mol. The largest absolute Gasteiger partial charge is 0.463 e. The van der Waals surface area contributed by atoms with Crippen LogP contribution in [-0.4, -0.2) is 52.1 Å². The van der Waals surface area contributed by atoms with Crippen molar-refractivity contribution in [1.29, 1.82) is 0 Å². The van der Waals surface area contributed by atoms with Gasteiger partial charge in [0.1, 0.15) is 6.10 Å². The van der Waals surface area contributed by atoms with Gasteiger partial charge >= 0.3 is 11.9 Å². The molecule has 0 unspecified atom stereocenters. The zero-order valence-corrected chi connectivity index (χ0v) is 16.9. The lowest BCUT2D eigenvalue weighted by Gasteiger charge is -2.16. The monoisotopic (exact) mass is 428 g/mol. The molecule has 0 saturated carbocycles. The summed E-state index contributed by atoms with van der Waals surface area (Å²) in [6.45, 7) is 2.64. The van der Waals surface area contributed by atoms with Gasteiger partial charge in [0.15, 0.2) is 0 Å². The van der Waals surface area contributed by atoms with Gasteiger partial charge in [0.2, 0.25) is 0 Å². The van der Waals surface area contributed by atoms with Crippen LogP contribution in [0.2, 0.25) is 0 Å². The molecule has 0 heterocycles. The number of benzene rings is 1. The number of carbonyl (C=O) groups excluding carboxylic acids is 2. The topological polar surface area (TPSA) is 71.1 Å². The minimum Gasteiger partial charge on any atom is -0.463 e. The molecule has 7 heteroatoms. The Balaban J connectivity index is 2.71. The predicted octanol–water partition coefficient (Wildman–Crippen LogP) is 3.16. The summed E-state index contributed by atoms with van der Waals surface area (Å²) in [4.78, 5) is 23.6. The van der Waals surface area contributed by atoms with Crippen LogP contribution in [0, 0.1) is 0 Å². The van der Waals surface area contributed by atoms with Gasteiger partial charge in [0.05, 0.1) is 19.8 Å². The molecule has 0 spiro atoms. The third kappa shape index (κ3) is 8.60. The summed E-state index contributed by atoms with van der Waals surface area (Å²) < 4.78 is 21.1. The van der Waals surface area contributed by atoms with Gasteiger partial charge in [-0.3, -0.25) is 4.79 Å². The van der Waals surface area contributed by atoms with Gasteiger partial charge in [0.25, 0.3) is 0 Å². The molecule has 1 aromatic carbocycles. The number of hydrogen-bond donors (Lipinski definition) is 0. The van der Waals surface area contributed by atoms with E-state index in [1.54, 1.807) is 27.2 Å². The number of ether oxygens (including phenoxy) is 4. The van der Waals surface area contributed by atoms with Crippen LogP contribution >= 0.6 is 15.9 Å². The summed E-state index contributed by atoms with van der Waals surface area (Å²) in [6, 6.07) is 5.68. The van der Waals surface area contributed by atoms with E-state index in [2.05, 4.69) is 15.9 Å². The fourth-order valence-electron chi connectivity index (χ4n) is 2.27. The number of rotatable bonds is 11. The third-order valence-electron chi connectivity index (χ3n) is 3.40. The highest BCUT2D eigenvalue weighted by molar-refractivity contribution is 9.10. The molecule has 6 nitrogen and oxygen atoms in total. The molecule has 144 valence electrons. The van der Waals surface area contributed by atoms with Crippen molar-refractivity contribution in [3.63, 3.8) is 0 Å². The lowest BCUT2D eigenvalue weighted by molar-refractivity contribution is -0.154. The van der Waals surface area contributed by atoms with Crippen molar-refractivity contribution in [3.8, 4) is 0 Å². The van der Waals surface area contributed by atoms with E-state index < -0.39 is 12.1 Å². The first kappa shape index (κ1) is 22.3. The summed E-state index contributed by atoms with van der Waals surface area (Å²) >= 11 is 3.41. The Morgan fingerprint density at radius 3 is 2.50 bits per heavy atom. The Labute approximate surface area is 162 Å². The van der Waals surface area contributed by atoms with Crippen molar-refractivity contribution < 1.29 is 28.5 Å². The van der Waals surface area contributed by atoms with Crippen molar-refractivity contribution in [2.45, 2.75) is 25.9 Å². The Hall–Kier alpha value is -1.70. The Morgan fingerprint density at radius 1 is 1.19 bits per heavy atom. The second-order valence-corrected chi connectivity index (χ2v) is 6.37. The average molecular weight is 429 g/mol. The molecule has 0 bridgehead atoms. The summed E-state index contributed by atoms with van der Waals surface area (Å²) in [5.41, 5.74) is 1.77. The second-order valence-electron chi connectivity index (χ2n) is 5.45. The fraction of sp³-hybridized carbons (Fsp3) is 0.474. The van der Waals surface area contributed by atoms with Crippen LogP contribution in [0.3, 0.4) is 0 Å². The van der Waals surface area contributed by atoms with E-state index in [9.17, 15) is 9.59 Å². The highest BCUT2D eigenvalue weighted by Gasteiger charge is 2.15. The zero-order valence-electron chi connectivity index (χ0n) is 15.3. The minimum atomic E-state index is -0.425.